The predicted molar refractivity (Wildman–Crippen MR) is 192 cm³/mol. The first-order chi connectivity index (χ1) is 23.7. The standard InChI is InChI=1S/C19H28N2O5.C18H26N2O5/c1-14-10-11-20-16(13-14)21(18(24)26-19(2,3)4)12-6-7-15(22)8-9-17(23)25-5;1-13-9-10-19-15(12-13)20(17(24)25-18(2,3)4)11-5-6-14(21)7-8-16(22)23/h10-11,13H,6-9,12H2,1-5H3;9-10,12H,5-8,11H2,1-4H3,(H,22,23). The van der Waals surface area contributed by atoms with E-state index in [4.69, 9.17) is 14.6 Å². The van der Waals surface area contributed by atoms with Gasteiger partial charge in [-0.2, -0.15) is 0 Å². The molecule has 1 N–H and O–H groups in total. The minimum absolute atomic E-state index is 0.00443. The summed E-state index contributed by atoms with van der Waals surface area (Å²) in [7, 11) is 1.29. The summed E-state index contributed by atoms with van der Waals surface area (Å²) >= 11 is 0. The van der Waals surface area contributed by atoms with E-state index in [-0.39, 0.29) is 56.6 Å². The summed E-state index contributed by atoms with van der Waals surface area (Å²) in [6.07, 6.45) is 3.60. The van der Waals surface area contributed by atoms with Crippen molar-refractivity contribution in [3.8, 4) is 0 Å². The first-order valence-electron chi connectivity index (χ1n) is 16.9. The average Bonchev–Trinajstić information content (AvgIpc) is 3.01. The van der Waals surface area contributed by atoms with Gasteiger partial charge >= 0.3 is 24.1 Å². The third kappa shape index (κ3) is 19.8. The molecular formula is C37H54N4O10. The largest absolute Gasteiger partial charge is 0.481 e. The van der Waals surface area contributed by atoms with Crippen molar-refractivity contribution in [3.63, 3.8) is 0 Å². The third-order valence-electron chi connectivity index (χ3n) is 6.71. The second kappa shape index (κ2) is 21.4. The summed E-state index contributed by atoms with van der Waals surface area (Å²) < 4.78 is 15.4. The highest BCUT2D eigenvalue weighted by Crippen LogP contribution is 2.20. The van der Waals surface area contributed by atoms with Crippen molar-refractivity contribution in [1.29, 1.82) is 0 Å². The van der Waals surface area contributed by atoms with Crippen molar-refractivity contribution in [2.45, 2.75) is 118 Å². The summed E-state index contributed by atoms with van der Waals surface area (Å²) in [5.74, 6) is -0.626. The van der Waals surface area contributed by atoms with E-state index in [1.54, 1.807) is 66.1 Å². The van der Waals surface area contributed by atoms with Crippen molar-refractivity contribution in [2.75, 3.05) is 30.0 Å². The minimum atomic E-state index is -0.993. The van der Waals surface area contributed by atoms with Crippen LogP contribution in [0.1, 0.15) is 104 Å². The summed E-state index contributed by atoms with van der Waals surface area (Å²) in [6.45, 7) is 15.1. The zero-order valence-corrected chi connectivity index (χ0v) is 31.4. The Morgan fingerprint density at radius 2 is 1.04 bits per heavy atom. The molecule has 0 saturated heterocycles. The average molecular weight is 715 g/mol. The SMILES string of the molecule is COC(=O)CCC(=O)CCCN(C(=O)OC(C)(C)C)c1cc(C)ccn1.Cc1ccnc(N(CCCC(=O)CCC(=O)O)C(=O)OC(C)(C)C)c1. The number of anilines is 2. The number of aryl methyl sites for hydroxylation is 2. The van der Waals surface area contributed by atoms with Crippen LogP contribution in [-0.2, 0) is 33.4 Å². The van der Waals surface area contributed by atoms with E-state index < -0.39 is 35.3 Å². The van der Waals surface area contributed by atoms with Crippen molar-refractivity contribution in [3.05, 3.63) is 47.8 Å². The molecule has 51 heavy (non-hydrogen) atoms. The molecule has 0 saturated carbocycles. The number of hydrogen-bond donors (Lipinski definition) is 1. The number of carbonyl (C=O) groups excluding carboxylic acids is 5. The number of ketones is 2. The van der Waals surface area contributed by atoms with E-state index in [0.29, 0.717) is 31.0 Å². The lowest BCUT2D eigenvalue weighted by Crippen LogP contribution is -2.38. The first kappa shape index (κ1) is 44.1. The van der Waals surface area contributed by atoms with Gasteiger partial charge in [0.1, 0.15) is 34.4 Å². The van der Waals surface area contributed by atoms with Crippen LogP contribution < -0.4 is 9.80 Å². The molecule has 0 unspecified atom stereocenters. The number of ether oxygens (including phenoxy) is 3. The molecule has 14 heteroatoms. The topological polar surface area (TPSA) is 183 Å². The number of esters is 1. The van der Waals surface area contributed by atoms with Gasteiger partial charge in [-0.15, -0.1) is 0 Å². The monoisotopic (exact) mass is 714 g/mol. The maximum absolute atomic E-state index is 12.5. The molecule has 0 radical (unpaired) electrons. The lowest BCUT2D eigenvalue weighted by atomic mass is 10.1. The van der Waals surface area contributed by atoms with Gasteiger partial charge in [0.25, 0.3) is 0 Å². The number of nitrogens with zero attached hydrogens (tertiary/aromatic N) is 4. The van der Waals surface area contributed by atoms with Crippen LogP contribution in [0, 0.1) is 13.8 Å². The van der Waals surface area contributed by atoms with E-state index in [9.17, 15) is 28.8 Å². The molecule has 0 aliphatic heterocycles. The Kier molecular flexibility index (Phi) is 18.5. The number of carbonyl (C=O) groups is 6. The maximum Gasteiger partial charge on any atom is 0.416 e. The van der Waals surface area contributed by atoms with Gasteiger partial charge in [-0.25, -0.2) is 19.6 Å². The number of carboxylic acids is 1. The number of rotatable bonds is 16. The molecule has 0 aromatic carbocycles. The highest BCUT2D eigenvalue weighted by Gasteiger charge is 2.26. The van der Waals surface area contributed by atoms with Crippen LogP contribution in [0.2, 0.25) is 0 Å². The third-order valence-corrected chi connectivity index (χ3v) is 6.71. The molecule has 282 valence electrons. The number of aromatic nitrogens is 2. The number of pyridine rings is 2. The second-order valence-electron chi connectivity index (χ2n) is 13.9. The molecule has 2 heterocycles. The quantitative estimate of drug-likeness (QED) is 0.142. The highest BCUT2D eigenvalue weighted by molar-refractivity contribution is 5.88. The van der Waals surface area contributed by atoms with Gasteiger partial charge in [-0.1, -0.05) is 0 Å². The van der Waals surface area contributed by atoms with Crippen LogP contribution in [0.3, 0.4) is 0 Å². The highest BCUT2D eigenvalue weighted by atomic mass is 16.6. The van der Waals surface area contributed by atoms with Crippen LogP contribution >= 0.6 is 0 Å². The minimum Gasteiger partial charge on any atom is -0.481 e. The van der Waals surface area contributed by atoms with E-state index in [1.807, 2.05) is 26.0 Å². The number of Topliss-reactive ketones (excluding diaryl/α,β-unsaturated/α-hetero) is 2. The van der Waals surface area contributed by atoms with E-state index in [2.05, 4.69) is 14.7 Å². The van der Waals surface area contributed by atoms with Crippen LogP contribution in [-0.4, -0.2) is 82.2 Å². The second-order valence-corrected chi connectivity index (χ2v) is 13.9. The van der Waals surface area contributed by atoms with Crippen molar-refractivity contribution >= 4 is 47.3 Å². The molecule has 0 atom stereocenters. The molecule has 0 aliphatic rings. The van der Waals surface area contributed by atoms with Crippen LogP contribution in [0.25, 0.3) is 0 Å². The van der Waals surface area contributed by atoms with E-state index in [0.717, 1.165) is 11.1 Å². The van der Waals surface area contributed by atoms with Crippen molar-refractivity contribution in [1.82, 2.24) is 9.97 Å². The molecule has 0 spiro atoms. The van der Waals surface area contributed by atoms with Gasteiger partial charge in [0.2, 0.25) is 0 Å². The molecule has 14 nitrogen and oxygen atoms in total. The summed E-state index contributed by atoms with van der Waals surface area (Å²) in [5, 5.41) is 8.60. The van der Waals surface area contributed by atoms with Gasteiger partial charge in [-0.3, -0.25) is 29.0 Å². The summed E-state index contributed by atoms with van der Waals surface area (Å²) in [4.78, 5) is 81.4. The fourth-order valence-electron chi connectivity index (χ4n) is 4.28. The van der Waals surface area contributed by atoms with Crippen molar-refractivity contribution in [2.24, 2.45) is 0 Å². The fraction of sp³-hybridized carbons (Fsp3) is 0.568. The summed E-state index contributed by atoms with van der Waals surface area (Å²) in [6, 6.07) is 7.23. The van der Waals surface area contributed by atoms with Crippen LogP contribution in [0.4, 0.5) is 21.2 Å². The van der Waals surface area contributed by atoms with Gasteiger partial charge in [0.15, 0.2) is 0 Å². The Morgan fingerprint density at radius 3 is 1.37 bits per heavy atom. The Balaban J connectivity index is 0.000000510. The van der Waals surface area contributed by atoms with Gasteiger partial charge in [0.05, 0.1) is 20.0 Å². The Morgan fingerprint density at radius 1 is 0.647 bits per heavy atom. The van der Waals surface area contributed by atoms with E-state index >= 15 is 0 Å². The first-order valence-corrected chi connectivity index (χ1v) is 16.9. The van der Waals surface area contributed by atoms with Gasteiger partial charge in [0, 0.05) is 51.2 Å². The molecule has 2 amide bonds. The Labute approximate surface area is 300 Å². The zero-order chi connectivity index (χ0) is 38.8. The molecule has 2 aromatic heterocycles. The fourth-order valence-corrected chi connectivity index (χ4v) is 4.28. The Bertz CT molecular complexity index is 1480. The number of aliphatic carboxylic acids is 1. The molecule has 0 fully saturated rings. The normalized spacial score (nSPS) is 11.0. The number of methoxy groups -OCH3 is 1. The molecule has 2 aromatic rings. The molecule has 0 bridgehead atoms. The van der Waals surface area contributed by atoms with Crippen LogP contribution in [0.15, 0.2) is 36.7 Å². The summed E-state index contributed by atoms with van der Waals surface area (Å²) in [5.41, 5.74) is 0.653. The van der Waals surface area contributed by atoms with Gasteiger partial charge in [-0.05, 0) is 104 Å². The van der Waals surface area contributed by atoms with Crippen LogP contribution in [0.5, 0.6) is 0 Å². The number of carboxylic acid groups (broad SMARTS) is 1. The zero-order valence-electron chi connectivity index (χ0n) is 31.4. The molecule has 2 rings (SSSR count). The van der Waals surface area contributed by atoms with E-state index in [1.165, 1.54) is 16.9 Å². The Hall–Kier alpha value is -4.88. The smallest absolute Gasteiger partial charge is 0.416 e. The molecule has 0 aliphatic carbocycles. The number of amides is 2. The maximum atomic E-state index is 12.5. The lowest BCUT2D eigenvalue weighted by Gasteiger charge is -2.27. The molecular weight excluding hydrogens is 660 g/mol. The predicted octanol–water partition coefficient (Wildman–Crippen LogP) is 6.78. The van der Waals surface area contributed by atoms with Crippen molar-refractivity contribution < 1.29 is 48.1 Å². The number of hydrogen-bond acceptors (Lipinski definition) is 11. The lowest BCUT2D eigenvalue weighted by molar-refractivity contribution is -0.142. The van der Waals surface area contributed by atoms with Gasteiger partial charge < -0.3 is 19.3 Å².